The van der Waals surface area contributed by atoms with E-state index in [9.17, 15) is 18.1 Å². The fourth-order valence-corrected chi connectivity index (χ4v) is 11.1. The fraction of sp³-hybridized carbons (Fsp3) is 0.435. The summed E-state index contributed by atoms with van der Waals surface area (Å²) < 4.78 is 47.3. The van der Waals surface area contributed by atoms with Crippen LogP contribution in [0.3, 0.4) is 0 Å². The highest BCUT2D eigenvalue weighted by molar-refractivity contribution is 7.90. The Morgan fingerprint density at radius 3 is 2.64 bits per heavy atom. The molecule has 1 amide bonds. The van der Waals surface area contributed by atoms with Crippen molar-refractivity contribution in [2.75, 3.05) is 50.2 Å². The first kappa shape index (κ1) is 40.9. The number of H-pyrrole nitrogens is 1. The number of likely N-dealkylation sites (tertiary alicyclic amines) is 1. The predicted octanol–water partition coefficient (Wildman–Crippen LogP) is 8.79. The van der Waals surface area contributed by atoms with Crippen molar-refractivity contribution in [2.24, 2.45) is 10.6 Å². The minimum atomic E-state index is -4.52. The largest absolute Gasteiger partial charge is 0.489 e. The van der Waals surface area contributed by atoms with Crippen LogP contribution in [0.5, 0.6) is 17.2 Å². The van der Waals surface area contributed by atoms with Crippen LogP contribution in [0.4, 0.5) is 17.1 Å². The van der Waals surface area contributed by atoms with E-state index < -0.39 is 21.5 Å². The molecule has 3 N–H and O–H groups in total. The topological polar surface area (TPSA) is 168 Å². The average Bonchev–Trinajstić information content (AvgIpc) is 3.92. The molecule has 4 aliphatic rings. The van der Waals surface area contributed by atoms with Crippen molar-refractivity contribution in [3.05, 3.63) is 101 Å². The van der Waals surface area contributed by atoms with E-state index in [0.29, 0.717) is 34.8 Å². The second-order valence-corrected chi connectivity index (χ2v) is 19.5. The molecule has 3 fully saturated rings. The van der Waals surface area contributed by atoms with E-state index in [1.807, 2.05) is 19.1 Å². The van der Waals surface area contributed by atoms with E-state index in [0.717, 1.165) is 49.6 Å². The summed E-state index contributed by atoms with van der Waals surface area (Å²) in [5.41, 5.74) is 4.25. The average molecular weight is 848 g/mol. The van der Waals surface area contributed by atoms with E-state index in [4.69, 9.17) is 14.2 Å². The molecule has 15 heteroatoms. The first-order valence-corrected chi connectivity index (χ1v) is 22.7. The first-order chi connectivity index (χ1) is 29.4. The van der Waals surface area contributed by atoms with Crippen molar-refractivity contribution >= 4 is 44.0 Å². The number of benzene rings is 3. The Labute approximate surface area is 356 Å². The SMILES string of the molecule is COCC1(C)COc2cc(S(=O)(=O)NC(=O)c3ccc(N4CCC5(CC4)CC(N4CCC[C@H]4c4ccccc4C(C)C)C5)cc3Oc3cnc4[nH]ccc4c3)cc(N=O)c2N1. The standard InChI is InChI=1S/C46H53N7O7S/c1-29(2)35-8-5-6-9-36(35)39-10-7-17-53(39)32-24-46(25-32)14-18-52(19-15-46)31-11-12-37(40(21-31)60-33-20-30-13-16-47-43(30)48-26-33)44(54)51-61(56,57)34-22-38(50-55)42-41(23-34)59-28-45(3,49-42)27-58-4/h5-6,8-9,11-13,16,20-23,26,29,32,39,49H,7,10,14-15,17-19,24-25,27-28H2,1-4H3,(H,47,48)(H,51,54)/t39-,45?/m0/s1. The van der Waals surface area contributed by atoms with E-state index in [1.54, 1.807) is 37.7 Å². The zero-order chi connectivity index (χ0) is 42.5. The zero-order valence-corrected chi connectivity index (χ0v) is 35.9. The monoisotopic (exact) mass is 847 g/mol. The number of carbonyl (C=O) groups is 1. The van der Waals surface area contributed by atoms with Crippen molar-refractivity contribution in [2.45, 2.75) is 87.7 Å². The molecule has 3 aromatic carbocycles. The second-order valence-electron chi connectivity index (χ2n) is 17.8. The van der Waals surface area contributed by atoms with Crippen LogP contribution in [0, 0.1) is 10.3 Å². The van der Waals surface area contributed by atoms with Crippen LogP contribution in [0.1, 0.15) is 92.7 Å². The number of aromatic amines is 1. The number of fused-ring (bicyclic) bond motifs is 2. The van der Waals surface area contributed by atoms with Gasteiger partial charge in [-0.3, -0.25) is 9.69 Å². The maximum absolute atomic E-state index is 14.0. The van der Waals surface area contributed by atoms with Crippen LogP contribution in [0.25, 0.3) is 11.0 Å². The van der Waals surface area contributed by atoms with Gasteiger partial charge in [-0.2, -0.15) is 0 Å². The summed E-state index contributed by atoms with van der Waals surface area (Å²) in [6.45, 7) is 9.71. The lowest BCUT2D eigenvalue weighted by Gasteiger charge is -2.56. The maximum atomic E-state index is 14.0. The molecule has 320 valence electrons. The van der Waals surface area contributed by atoms with Crippen LogP contribution < -0.4 is 24.4 Å². The number of ether oxygens (including phenoxy) is 3. The normalized spacial score (nSPS) is 21.5. The molecule has 1 unspecified atom stereocenters. The summed E-state index contributed by atoms with van der Waals surface area (Å²) >= 11 is 0. The lowest BCUT2D eigenvalue weighted by atomic mass is 9.59. The summed E-state index contributed by atoms with van der Waals surface area (Å²) in [4.78, 5) is 38.2. The van der Waals surface area contributed by atoms with E-state index in [2.05, 4.69) is 73.1 Å². The van der Waals surface area contributed by atoms with Crippen LogP contribution >= 0.6 is 0 Å². The fourth-order valence-electron chi connectivity index (χ4n) is 10.1. The number of methoxy groups -OCH3 is 1. The molecule has 3 aliphatic heterocycles. The summed E-state index contributed by atoms with van der Waals surface area (Å²) in [7, 11) is -2.97. The molecule has 5 aromatic rings. The first-order valence-electron chi connectivity index (χ1n) is 21.2. The molecule has 2 saturated heterocycles. The number of anilines is 2. The van der Waals surface area contributed by atoms with Gasteiger partial charge in [0.25, 0.3) is 15.9 Å². The van der Waals surface area contributed by atoms with Crippen molar-refractivity contribution in [1.82, 2.24) is 19.6 Å². The van der Waals surface area contributed by atoms with Gasteiger partial charge in [0.15, 0.2) is 0 Å². The Kier molecular flexibility index (Phi) is 10.8. The third-order valence-corrected chi connectivity index (χ3v) is 14.5. The maximum Gasteiger partial charge on any atom is 0.268 e. The number of hydrogen-bond donors (Lipinski definition) is 3. The van der Waals surface area contributed by atoms with Crippen LogP contribution in [0.2, 0.25) is 0 Å². The summed E-state index contributed by atoms with van der Waals surface area (Å²) in [5.74, 6) is 0.278. The van der Waals surface area contributed by atoms with Gasteiger partial charge in [-0.1, -0.05) is 38.1 Å². The molecule has 9 rings (SSSR count). The van der Waals surface area contributed by atoms with Gasteiger partial charge in [-0.05, 0) is 110 Å². The number of amides is 1. The number of hydrogen-bond acceptors (Lipinski definition) is 12. The van der Waals surface area contributed by atoms with Crippen molar-refractivity contribution in [3.8, 4) is 17.2 Å². The Morgan fingerprint density at radius 1 is 1.07 bits per heavy atom. The number of pyridine rings is 1. The van der Waals surface area contributed by atoms with Gasteiger partial charge in [-0.25, -0.2) is 18.1 Å². The van der Waals surface area contributed by atoms with Gasteiger partial charge in [0, 0.05) is 61.7 Å². The van der Waals surface area contributed by atoms with Crippen molar-refractivity contribution in [1.29, 1.82) is 0 Å². The molecule has 2 atom stereocenters. The molecule has 0 bridgehead atoms. The van der Waals surface area contributed by atoms with Gasteiger partial charge >= 0.3 is 0 Å². The van der Waals surface area contributed by atoms with Crippen molar-refractivity contribution < 1.29 is 27.4 Å². The number of nitroso groups, excluding NO2 is 1. The molecule has 1 spiro atoms. The van der Waals surface area contributed by atoms with Gasteiger partial charge in [-0.15, -0.1) is 4.91 Å². The van der Waals surface area contributed by atoms with Crippen molar-refractivity contribution in [3.63, 3.8) is 0 Å². The summed E-state index contributed by atoms with van der Waals surface area (Å²) in [5, 5.41) is 7.08. The van der Waals surface area contributed by atoms with Gasteiger partial charge in [0.1, 0.15) is 40.9 Å². The Balaban J connectivity index is 0.924. The molecule has 2 aromatic heterocycles. The Hall–Kier alpha value is -5.51. The lowest BCUT2D eigenvalue weighted by Crippen LogP contribution is -2.54. The summed E-state index contributed by atoms with van der Waals surface area (Å²) in [6, 6.07) is 21.4. The number of nitrogens with one attached hydrogen (secondary N) is 3. The zero-order valence-electron chi connectivity index (χ0n) is 35.1. The van der Waals surface area contributed by atoms with Gasteiger partial charge < -0.3 is 29.4 Å². The molecule has 1 saturated carbocycles. The minimum Gasteiger partial charge on any atom is -0.489 e. The number of nitrogens with zero attached hydrogens (tertiary/aromatic N) is 4. The molecular formula is C46H53N7O7S. The second kappa shape index (κ2) is 16.1. The third-order valence-electron chi connectivity index (χ3n) is 13.2. The number of rotatable bonds is 12. The molecule has 1 aliphatic carbocycles. The lowest BCUT2D eigenvalue weighted by molar-refractivity contribution is -0.0227. The predicted molar refractivity (Wildman–Crippen MR) is 235 cm³/mol. The number of piperidine rings is 1. The Bertz CT molecular complexity index is 2580. The molecule has 14 nitrogen and oxygen atoms in total. The highest BCUT2D eigenvalue weighted by Gasteiger charge is 2.50. The third kappa shape index (κ3) is 7.94. The quantitative estimate of drug-likeness (QED) is 0.103. The highest BCUT2D eigenvalue weighted by atomic mass is 32.2. The molecule has 0 radical (unpaired) electrons. The van der Waals surface area contributed by atoms with Crippen LogP contribution in [0.15, 0.2) is 89.2 Å². The number of carbonyl (C=O) groups excluding carboxylic acids is 1. The highest BCUT2D eigenvalue weighted by Crippen LogP contribution is 2.54. The molecule has 5 heterocycles. The van der Waals surface area contributed by atoms with Gasteiger partial charge in [0.05, 0.1) is 28.8 Å². The van der Waals surface area contributed by atoms with E-state index in [1.165, 1.54) is 42.9 Å². The van der Waals surface area contributed by atoms with Crippen LogP contribution in [-0.4, -0.2) is 80.7 Å². The molecular weight excluding hydrogens is 795 g/mol. The van der Waals surface area contributed by atoms with Crippen LogP contribution in [-0.2, 0) is 14.8 Å². The Morgan fingerprint density at radius 2 is 1.87 bits per heavy atom. The van der Waals surface area contributed by atoms with E-state index in [-0.39, 0.29) is 46.5 Å². The number of sulfonamides is 1. The smallest absolute Gasteiger partial charge is 0.268 e. The minimum absolute atomic E-state index is 0.0101. The van der Waals surface area contributed by atoms with E-state index >= 15 is 0 Å². The molecule has 61 heavy (non-hydrogen) atoms. The summed E-state index contributed by atoms with van der Waals surface area (Å²) in [6.07, 6.45) is 10.3. The van der Waals surface area contributed by atoms with Gasteiger partial charge in [0.2, 0.25) is 0 Å². The number of aromatic nitrogens is 2.